The fourth-order valence-electron chi connectivity index (χ4n) is 2.06. The maximum Gasteiger partial charge on any atom is 0.122 e. The molecule has 2 nitrogen and oxygen atoms in total. The molecule has 0 spiro atoms. The summed E-state index contributed by atoms with van der Waals surface area (Å²) in [5.74, 6) is 0.866. The van der Waals surface area contributed by atoms with Crippen molar-refractivity contribution in [3.8, 4) is 5.75 Å². The van der Waals surface area contributed by atoms with Gasteiger partial charge in [0, 0.05) is 6.42 Å². The smallest absolute Gasteiger partial charge is 0.122 e. The van der Waals surface area contributed by atoms with Crippen LogP contribution in [0.2, 0.25) is 0 Å². The van der Waals surface area contributed by atoms with Crippen molar-refractivity contribution in [3.05, 3.63) is 29.8 Å². The van der Waals surface area contributed by atoms with Crippen LogP contribution in [0, 0.1) is 0 Å². The van der Waals surface area contributed by atoms with E-state index in [4.69, 9.17) is 4.74 Å². The molecule has 2 heteroatoms. The van der Waals surface area contributed by atoms with E-state index in [9.17, 15) is 5.11 Å². The highest BCUT2D eigenvalue weighted by Gasteiger charge is 2.25. The van der Waals surface area contributed by atoms with Crippen molar-refractivity contribution in [2.24, 2.45) is 0 Å². The molecule has 1 rings (SSSR count). The summed E-state index contributed by atoms with van der Waals surface area (Å²) in [6.07, 6.45) is 3.28. The van der Waals surface area contributed by atoms with Gasteiger partial charge in [-0.05, 0) is 24.5 Å². The molecule has 0 aliphatic carbocycles. The molecule has 0 radical (unpaired) electrons. The van der Waals surface area contributed by atoms with E-state index in [2.05, 4.69) is 6.92 Å². The number of benzene rings is 1. The number of hydrogen-bond acceptors (Lipinski definition) is 2. The molecule has 0 amide bonds. The summed E-state index contributed by atoms with van der Waals surface area (Å²) in [7, 11) is 1.67. The van der Waals surface area contributed by atoms with Crippen LogP contribution in [-0.2, 0) is 6.42 Å². The van der Waals surface area contributed by atoms with Gasteiger partial charge in [-0.2, -0.15) is 0 Å². The predicted molar refractivity (Wildman–Crippen MR) is 66.8 cm³/mol. The second-order valence-electron chi connectivity index (χ2n) is 4.32. The lowest BCUT2D eigenvalue weighted by Crippen LogP contribution is -2.30. The molecule has 16 heavy (non-hydrogen) atoms. The summed E-state index contributed by atoms with van der Waals surface area (Å²) < 4.78 is 5.30. The SMILES string of the molecule is CCCC(O)(CC)Cc1ccccc1OC. The quantitative estimate of drug-likeness (QED) is 0.801. The summed E-state index contributed by atoms with van der Waals surface area (Å²) >= 11 is 0. The van der Waals surface area contributed by atoms with Gasteiger partial charge in [-0.1, -0.05) is 38.5 Å². The third-order valence-electron chi connectivity index (χ3n) is 3.09. The molecule has 1 atom stereocenters. The highest BCUT2D eigenvalue weighted by molar-refractivity contribution is 5.34. The summed E-state index contributed by atoms with van der Waals surface area (Å²) in [6.45, 7) is 4.13. The maximum atomic E-state index is 10.4. The molecule has 0 aliphatic heterocycles. The Morgan fingerprint density at radius 2 is 1.94 bits per heavy atom. The number of para-hydroxylation sites is 1. The van der Waals surface area contributed by atoms with Crippen molar-refractivity contribution in [1.82, 2.24) is 0 Å². The van der Waals surface area contributed by atoms with Gasteiger partial charge < -0.3 is 9.84 Å². The normalized spacial score (nSPS) is 14.5. The zero-order valence-electron chi connectivity index (χ0n) is 10.5. The van der Waals surface area contributed by atoms with Crippen LogP contribution < -0.4 is 4.74 Å². The lowest BCUT2D eigenvalue weighted by atomic mass is 9.87. The molecule has 0 aliphatic rings. The molecule has 0 saturated heterocycles. The average molecular weight is 222 g/mol. The number of aliphatic hydroxyl groups is 1. The molecule has 1 aromatic rings. The second kappa shape index (κ2) is 5.90. The van der Waals surface area contributed by atoms with Crippen LogP contribution in [-0.4, -0.2) is 17.8 Å². The van der Waals surface area contributed by atoms with E-state index in [0.717, 1.165) is 30.6 Å². The summed E-state index contributed by atoms with van der Waals surface area (Å²) in [4.78, 5) is 0. The molecular formula is C14H22O2. The molecule has 0 fully saturated rings. The third-order valence-corrected chi connectivity index (χ3v) is 3.09. The Balaban J connectivity index is 2.85. The topological polar surface area (TPSA) is 29.5 Å². The Kier molecular flexibility index (Phi) is 4.81. The first-order chi connectivity index (χ1) is 7.65. The summed E-state index contributed by atoms with van der Waals surface area (Å²) in [5, 5.41) is 10.4. The van der Waals surface area contributed by atoms with Gasteiger partial charge >= 0.3 is 0 Å². The van der Waals surface area contributed by atoms with E-state index in [-0.39, 0.29) is 0 Å². The molecule has 0 heterocycles. The first-order valence-electron chi connectivity index (χ1n) is 5.99. The standard InChI is InChI=1S/C14H22O2/c1-4-10-14(15,5-2)11-12-8-6-7-9-13(12)16-3/h6-9,15H,4-5,10-11H2,1-3H3. The van der Waals surface area contributed by atoms with Crippen LogP contribution in [0.25, 0.3) is 0 Å². The van der Waals surface area contributed by atoms with Gasteiger partial charge in [0.2, 0.25) is 0 Å². The van der Waals surface area contributed by atoms with Crippen LogP contribution >= 0.6 is 0 Å². The van der Waals surface area contributed by atoms with E-state index < -0.39 is 5.60 Å². The van der Waals surface area contributed by atoms with Crippen LogP contribution in [0.5, 0.6) is 5.75 Å². The van der Waals surface area contributed by atoms with Gasteiger partial charge in [-0.25, -0.2) is 0 Å². The molecule has 90 valence electrons. The Hall–Kier alpha value is -1.02. The Morgan fingerprint density at radius 1 is 1.25 bits per heavy atom. The van der Waals surface area contributed by atoms with Crippen LogP contribution in [0.3, 0.4) is 0 Å². The lowest BCUT2D eigenvalue weighted by molar-refractivity contribution is 0.0265. The minimum absolute atomic E-state index is 0.594. The molecular weight excluding hydrogens is 200 g/mol. The van der Waals surface area contributed by atoms with Crippen molar-refractivity contribution in [2.75, 3.05) is 7.11 Å². The average Bonchev–Trinajstić information content (AvgIpc) is 2.30. The zero-order valence-corrected chi connectivity index (χ0v) is 10.5. The highest BCUT2D eigenvalue weighted by atomic mass is 16.5. The van der Waals surface area contributed by atoms with E-state index >= 15 is 0 Å². The minimum Gasteiger partial charge on any atom is -0.496 e. The summed E-state index contributed by atoms with van der Waals surface area (Å²) in [6, 6.07) is 7.90. The van der Waals surface area contributed by atoms with Gasteiger partial charge in [-0.3, -0.25) is 0 Å². The Bertz CT molecular complexity index is 322. The van der Waals surface area contributed by atoms with Crippen LogP contribution in [0.1, 0.15) is 38.7 Å². The van der Waals surface area contributed by atoms with Gasteiger partial charge in [-0.15, -0.1) is 0 Å². The van der Waals surface area contributed by atoms with Crippen molar-refractivity contribution >= 4 is 0 Å². The van der Waals surface area contributed by atoms with Crippen LogP contribution in [0.15, 0.2) is 24.3 Å². The molecule has 0 bridgehead atoms. The lowest BCUT2D eigenvalue weighted by Gasteiger charge is -2.27. The first kappa shape index (κ1) is 13.0. The van der Waals surface area contributed by atoms with E-state index in [0.29, 0.717) is 6.42 Å². The van der Waals surface area contributed by atoms with Crippen molar-refractivity contribution < 1.29 is 9.84 Å². The molecule has 1 unspecified atom stereocenters. The van der Waals surface area contributed by atoms with Crippen molar-refractivity contribution in [2.45, 2.75) is 45.1 Å². The number of methoxy groups -OCH3 is 1. The van der Waals surface area contributed by atoms with Crippen molar-refractivity contribution in [3.63, 3.8) is 0 Å². The summed E-state index contributed by atoms with van der Waals surface area (Å²) in [5.41, 5.74) is 0.492. The van der Waals surface area contributed by atoms with E-state index in [1.807, 2.05) is 31.2 Å². The Labute approximate surface area is 98.3 Å². The Morgan fingerprint density at radius 3 is 2.50 bits per heavy atom. The third kappa shape index (κ3) is 3.24. The zero-order chi connectivity index (χ0) is 12.0. The highest BCUT2D eigenvalue weighted by Crippen LogP contribution is 2.27. The first-order valence-corrected chi connectivity index (χ1v) is 5.99. The second-order valence-corrected chi connectivity index (χ2v) is 4.32. The number of rotatable bonds is 6. The van der Waals surface area contributed by atoms with Crippen LogP contribution in [0.4, 0.5) is 0 Å². The molecule has 0 aromatic heterocycles. The fourth-order valence-corrected chi connectivity index (χ4v) is 2.06. The van der Waals surface area contributed by atoms with Crippen molar-refractivity contribution in [1.29, 1.82) is 0 Å². The van der Waals surface area contributed by atoms with Gasteiger partial charge in [0.05, 0.1) is 12.7 Å². The maximum absolute atomic E-state index is 10.4. The predicted octanol–water partition coefficient (Wildman–Crippen LogP) is 3.18. The fraction of sp³-hybridized carbons (Fsp3) is 0.571. The number of ether oxygens (including phenoxy) is 1. The number of hydrogen-bond donors (Lipinski definition) is 1. The van der Waals surface area contributed by atoms with Gasteiger partial charge in [0.15, 0.2) is 0 Å². The van der Waals surface area contributed by atoms with E-state index in [1.54, 1.807) is 7.11 Å². The van der Waals surface area contributed by atoms with Gasteiger partial charge in [0.1, 0.15) is 5.75 Å². The van der Waals surface area contributed by atoms with E-state index in [1.165, 1.54) is 0 Å². The minimum atomic E-state index is -0.594. The molecule has 1 aromatic carbocycles. The molecule has 0 saturated carbocycles. The largest absolute Gasteiger partial charge is 0.496 e. The van der Waals surface area contributed by atoms with Gasteiger partial charge in [0.25, 0.3) is 0 Å². The monoisotopic (exact) mass is 222 g/mol. The molecule has 1 N–H and O–H groups in total.